The molecule has 1 aliphatic heterocycles. The average molecular weight is 361 g/mol. The molecule has 0 radical (unpaired) electrons. The van der Waals surface area contributed by atoms with E-state index in [4.69, 9.17) is 27.4 Å². The van der Waals surface area contributed by atoms with Gasteiger partial charge in [-0.1, -0.05) is 36.5 Å². The first-order valence-corrected chi connectivity index (χ1v) is 9.43. The molecule has 3 atom stereocenters. The number of hydrogen-bond donors (Lipinski definition) is 1. The van der Waals surface area contributed by atoms with Gasteiger partial charge in [-0.2, -0.15) is 0 Å². The Labute approximate surface area is 145 Å². The van der Waals surface area contributed by atoms with Crippen LogP contribution in [0.1, 0.15) is 11.5 Å². The molecule has 7 heteroatoms. The number of sulfone groups is 1. The lowest BCUT2D eigenvalue weighted by Crippen LogP contribution is -2.17. The van der Waals surface area contributed by atoms with Gasteiger partial charge in [0.25, 0.3) is 0 Å². The van der Waals surface area contributed by atoms with Crippen molar-refractivity contribution in [1.82, 2.24) is 0 Å². The molecule has 0 bridgehead atoms. The van der Waals surface area contributed by atoms with Gasteiger partial charge in [0.2, 0.25) is 6.79 Å². The Kier molecular flexibility index (Phi) is 3.51. The van der Waals surface area contributed by atoms with Crippen LogP contribution in [0.25, 0.3) is 0 Å². The fourth-order valence-electron chi connectivity index (χ4n) is 3.29. The lowest BCUT2D eigenvalue weighted by atomic mass is 10.1. The molecule has 2 aromatic carbocycles. The first-order valence-electron chi connectivity index (χ1n) is 7.48. The van der Waals surface area contributed by atoms with E-state index in [1.54, 1.807) is 36.4 Å². The summed E-state index contributed by atoms with van der Waals surface area (Å²) in [6.45, 7) is 0.175. The fourth-order valence-corrected chi connectivity index (χ4v) is 5.85. The molecular formula is C17H15NO4S2. The highest BCUT2D eigenvalue weighted by atomic mass is 32.2. The Bertz CT molecular complexity index is 911. The first kappa shape index (κ1) is 15.4. The van der Waals surface area contributed by atoms with Crippen LogP contribution in [0.4, 0.5) is 0 Å². The van der Waals surface area contributed by atoms with E-state index < -0.39 is 15.1 Å². The van der Waals surface area contributed by atoms with Crippen molar-refractivity contribution >= 4 is 27.0 Å². The number of fused-ring (bicyclic) bond motifs is 1. The summed E-state index contributed by atoms with van der Waals surface area (Å²) in [4.78, 5) is 0.515. The average Bonchev–Trinajstić information content (AvgIpc) is 3.19. The Morgan fingerprint density at radius 3 is 2.50 bits per heavy atom. The maximum Gasteiger partial charge on any atom is 0.231 e. The second-order valence-corrected chi connectivity index (χ2v) is 8.47. The molecular weight excluding hydrogens is 346 g/mol. The molecule has 2 aromatic rings. The summed E-state index contributed by atoms with van der Waals surface area (Å²) < 4.78 is 36.6. The van der Waals surface area contributed by atoms with Gasteiger partial charge in [0.05, 0.1) is 15.1 Å². The Morgan fingerprint density at radius 1 is 1.08 bits per heavy atom. The molecule has 1 heterocycles. The summed E-state index contributed by atoms with van der Waals surface area (Å²) >= 11 is 5.11. The zero-order valence-electron chi connectivity index (χ0n) is 12.6. The standard InChI is InChI=1S/C17H15NO4S2/c18-17(23)15-14(10-6-7-12-13(8-10)22-9-21-12)16(15)24(19,20)11-4-2-1-3-5-11/h1-8,14-16H,9H2,(H2,18,23)/t14-,15-,16+/m1/s1. The highest BCUT2D eigenvalue weighted by molar-refractivity contribution is 7.92. The van der Waals surface area contributed by atoms with Gasteiger partial charge in [-0.3, -0.25) is 0 Å². The Morgan fingerprint density at radius 2 is 1.79 bits per heavy atom. The second kappa shape index (κ2) is 5.46. The predicted octanol–water partition coefficient (Wildman–Crippen LogP) is 2.26. The topological polar surface area (TPSA) is 78.6 Å². The number of thiocarbonyl (C=S) groups is 1. The van der Waals surface area contributed by atoms with Crippen molar-refractivity contribution < 1.29 is 17.9 Å². The SMILES string of the molecule is NC(=S)[C@@H]1[C@@H](c2ccc3c(c2)OCO3)[C@@H]1S(=O)(=O)c1ccccc1. The summed E-state index contributed by atoms with van der Waals surface area (Å²) in [6.07, 6.45) is 0. The van der Waals surface area contributed by atoms with E-state index in [9.17, 15) is 8.42 Å². The van der Waals surface area contributed by atoms with Crippen LogP contribution in [0, 0.1) is 5.92 Å². The molecule has 5 nitrogen and oxygen atoms in total. The van der Waals surface area contributed by atoms with E-state index in [1.807, 2.05) is 12.1 Å². The quantitative estimate of drug-likeness (QED) is 0.842. The van der Waals surface area contributed by atoms with E-state index in [0.717, 1.165) is 5.56 Å². The smallest absolute Gasteiger partial charge is 0.231 e. The van der Waals surface area contributed by atoms with Crippen LogP contribution < -0.4 is 15.2 Å². The van der Waals surface area contributed by atoms with Gasteiger partial charge in [-0.15, -0.1) is 0 Å². The van der Waals surface area contributed by atoms with Crippen molar-refractivity contribution in [3.63, 3.8) is 0 Å². The number of nitrogens with two attached hydrogens (primary N) is 1. The van der Waals surface area contributed by atoms with Gasteiger partial charge in [0.1, 0.15) is 0 Å². The summed E-state index contributed by atoms with van der Waals surface area (Å²) in [5.41, 5.74) is 6.66. The van der Waals surface area contributed by atoms with Crippen molar-refractivity contribution in [3.05, 3.63) is 54.1 Å². The molecule has 1 aliphatic carbocycles. The zero-order valence-corrected chi connectivity index (χ0v) is 14.2. The van der Waals surface area contributed by atoms with Gasteiger partial charge in [0.15, 0.2) is 21.3 Å². The molecule has 24 heavy (non-hydrogen) atoms. The van der Waals surface area contributed by atoms with E-state index in [-0.39, 0.29) is 23.6 Å². The fraction of sp³-hybridized carbons (Fsp3) is 0.235. The third-order valence-corrected chi connectivity index (χ3v) is 7.00. The molecule has 1 fully saturated rings. The molecule has 124 valence electrons. The lowest BCUT2D eigenvalue weighted by molar-refractivity contribution is 0.174. The van der Waals surface area contributed by atoms with Gasteiger partial charge in [-0.05, 0) is 29.8 Å². The first-order chi connectivity index (χ1) is 11.5. The molecule has 0 unspecified atom stereocenters. The molecule has 1 saturated carbocycles. The molecule has 2 N–H and O–H groups in total. The maximum absolute atomic E-state index is 13.0. The number of benzene rings is 2. The van der Waals surface area contributed by atoms with E-state index >= 15 is 0 Å². The minimum atomic E-state index is -3.51. The molecule has 4 rings (SSSR count). The molecule has 0 amide bonds. The van der Waals surface area contributed by atoms with Gasteiger partial charge < -0.3 is 15.2 Å². The normalized spacial score (nSPS) is 24.6. The van der Waals surface area contributed by atoms with E-state index in [2.05, 4.69) is 0 Å². The molecule has 0 aromatic heterocycles. The van der Waals surface area contributed by atoms with Crippen LogP contribution >= 0.6 is 12.2 Å². The lowest BCUT2D eigenvalue weighted by Gasteiger charge is -2.04. The third kappa shape index (κ3) is 2.35. The van der Waals surface area contributed by atoms with E-state index in [1.165, 1.54) is 0 Å². The van der Waals surface area contributed by atoms with E-state index in [0.29, 0.717) is 16.4 Å². The minimum Gasteiger partial charge on any atom is -0.454 e. The summed E-state index contributed by atoms with van der Waals surface area (Å²) in [5.74, 6) is 0.651. The van der Waals surface area contributed by atoms with Crippen LogP contribution in [0.3, 0.4) is 0 Å². The molecule has 0 spiro atoms. The zero-order chi connectivity index (χ0) is 16.9. The Hall–Kier alpha value is -2.12. The number of rotatable bonds is 4. The van der Waals surface area contributed by atoms with Crippen LogP contribution in [-0.4, -0.2) is 25.4 Å². The number of hydrogen-bond acceptors (Lipinski definition) is 5. The minimum absolute atomic E-state index is 0.175. The highest BCUT2D eigenvalue weighted by Crippen LogP contribution is 2.55. The van der Waals surface area contributed by atoms with Gasteiger partial charge >= 0.3 is 0 Å². The van der Waals surface area contributed by atoms with Crippen LogP contribution in [0.2, 0.25) is 0 Å². The number of ether oxygens (including phenoxy) is 2. The molecule has 0 saturated heterocycles. The predicted molar refractivity (Wildman–Crippen MR) is 93.0 cm³/mol. The highest BCUT2D eigenvalue weighted by Gasteiger charge is 2.60. The van der Waals surface area contributed by atoms with Crippen molar-refractivity contribution in [3.8, 4) is 11.5 Å². The molecule has 2 aliphatic rings. The second-order valence-electron chi connectivity index (χ2n) is 5.89. The monoisotopic (exact) mass is 361 g/mol. The third-order valence-electron chi connectivity index (χ3n) is 4.49. The van der Waals surface area contributed by atoms with Crippen molar-refractivity contribution in [2.45, 2.75) is 16.1 Å². The summed E-state index contributed by atoms with van der Waals surface area (Å²) in [6, 6.07) is 13.9. The largest absolute Gasteiger partial charge is 0.454 e. The van der Waals surface area contributed by atoms with Crippen molar-refractivity contribution in [1.29, 1.82) is 0 Å². The van der Waals surface area contributed by atoms with Crippen molar-refractivity contribution in [2.24, 2.45) is 11.7 Å². The Balaban J connectivity index is 1.72. The van der Waals surface area contributed by atoms with Gasteiger partial charge in [-0.25, -0.2) is 8.42 Å². The van der Waals surface area contributed by atoms with Crippen LogP contribution in [0.5, 0.6) is 11.5 Å². The van der Waals surface area contributed by atoms with Crippen LogP contribution in [0.15, 0.2) is 53.4 Å². The van der Waals surface area contributed by atoms with Gasteiger partial charge in [0, 0.05) is 11.8 Å². The summed E-state index contributed by atoms with van der Waals surface area (Å²) in [5, 5.41) is -0.641. The van der Waals surface area contributed by atoms with Crippen LogP contribution in [-0.2, 0) is 9.84 Å². The maximum atomic E-state index is 13.0. The van der Waals surface area contributed by atoms with Crippen molar-refractivity contribution in [2.75, 3.05) is 6.79 Å². The summed E-state index contributed by atoms with van der Waals surface area (Å²) in [7, 11) is -3.51.